The maximum Gasteiger partial charge on any atom is 0.201 e. The van der Waals surface area contributed by atoms with Gasteiger partial charge in [0.2, 0.25) is 5.95 Å². The predicted molar refractivity (Wildman–Crippen MR) is 105 cm³/mol. The van der Waals surface area contributed by atoms with Crippen LogP contribution in [0.25, 0.3) is 6.08 Å². The maximum atomic E-state index is 6.27. The van der Waals surface area contributed by atoms with Gasteiger partial charge in [-0.15, -0.1) is 0 Å². The van der Waals surface area contributed by atoms with E-state index < -0.39 is 0 Å². The predicted octanol–water partition coefficient (Wildman–Crippen LogP) is 6.27. The van der Waals surface area contributed by atoms with E-state index in [1.807, 2.05) is 12.1 Å². The van der Waals surface area contributed by atoms with Crippen LogP contribution in [-0.2, 0) is 6.42 Å². The Kier molecular flexibility index (Phi) is 4.79. The Morgan fingerprint density at radius 2 is 2.00 bits per heavy atom. The van der Waals surface area contributed by atoms with Crippen LogP contribution in [0.15, 0.2) is 24.3 Å². The first-order chi connectivity index (χ1) is 12.1. The van der Waals surface area contributed by atoms with E-state index in [0.717, 1.165) is 18.1 Å². The Morgan fingerprint density at radius 3 is 2.76 bits per heavy atom. The fraction of sp³-hybridized carbons (Fsp3) is 0.450. The highest BCUT2D eigenvalue weighted by molar-refractivity contribution is 6.42. The molecule has 3 nitrogen and oxygen atoms in total. The molecule has 0 amide bonds. The fourth-order valence-electron chi connectivity index (χ4n) is 4.05. The standard InChI is InChI=1S/C20H23Cl2N3/c1-12-6-9-17-18(10-12)24-20(23-17)25-19(13-4-2-3-5-13)14-7-8-15(21)16(22)11-14/h6-9,11-13,19H,2-5,10H2,1H3,(H2,23,24,25)/t12?,19-/m0/s1. The molecule has 2 atom stereocenters. The zero-order chi connectivity index (χ0) is 17.4. The summed E-state index contributed by atoms with van der Waals surface area (Å²) in [4.78, 5) is 8.23. The molecule has 2 N–H and O–H groups in total. The number of allylic oxidation sites excluding steroid dienone is 1. The summed E-state index contributed by atoms with van der Waals surface area (Å²) in [5, 5.41) is 4.86. The van der Waals surface area contributed by atoms with Crippen LogP contribution < -0.4 is 5.32 Å². The number of imidazole rings is 1. The number of hydrogen-bond donors (Lipinski definition) is 2. The van der Waals surface area contributed by atoms with Crippen molar-refractivity contribution in [3.63, 3.8) is 0 Å². The van der Waals surface area contributed by atoms with Crippen molar-refractivity contribution < 1.29 is 0 Å². The zero-order valence-electron chi connectivity index (χ0n) is 14.4. The molecule has 25 heavy (non-hydrogen) atoms. The number of aromatic amines is 1. The van der Waals surface area contributed by atoms with Crippen LogP contribution in [0.2, 0.25) is 10.0 Å². The molecule has 0 bridgehead atoms. The molecule has 132 valence electrons. The molecule has 1 fully saturated rings. The number of rotatable bonds is 4. The Labute approximate surface area is 158 Å². The topological polar surface area (TPSA) is 40.7 Å². The van der Waals surface area contributed by atoms with Gasteiger partial charge < -0.3 is 10.3 Å². The summed E-state index contributed by atoms with van der Waals surface area (Å²) in [5.41, 5.74) is 3.45. The van der Waals surface area contributed by atoms with Gasteiger partial charge in [-0.25, -0.2) is 4.98 Å². The average molecular weight is 376 g/mol. The summed E-state index contributed by atoms with van der Waals surface area (Å²) in [7, 11) is 0. The van der Waals surface area contributed by atoms with Crippen molar-refractivity contribution in [1.29, 1.82) is 0 Å². The van der Waals surface area contributed by atoms with Gasteiger partial charge in [0, 0.05) is 5.69 Å². The van der Waals surface area contributed by atoms with Crippen LogP contribution in [0.5, 0.6) is 0 Å². The molecule has 1 aromatic heterocycles. The average Bonchev–Trinajstić information content (AvgIpc) is 3.24. The Hall–Kier alpha value is -1.45. The largest absolute Gasteiger partial charge is 0.349 e. The first-order valence-corrected chi connectivity index (χ1v) is 9.84. The van der Waals surface area contributed by atoms with E-state index in [0.29, 0.717) is 21.9 Å². The van der Waals surface area contributed by atoms with Gasteiger partial charge in [0.15, 0.2) is 0 Å². The van der Waals surface area contributed by atoms with Gasteiger partial charge in [-0.1, -0.05) is 55.1 Å². The highest BCUT2D eigenvalue weighted by atomic mass is 35.5. The number of H-pyrrole nitrogens is 1. The van der Waals surface area contributed by atoms with Crippen molar-refractivity contribution in [3.8, 4) is 0 Å². The van der Waals surface area contributed by atoms with Gasteiger partial charge >= 0.3 is 0 Å². The molecular formula is C20H23Cl2N3. The second-order valence-electron chi connectivity index (χ2n) is 7.33. The van der Waals surface area contributed by atoms with Gasteiger partial charge in [-0.05, 0) is 54.9 Å². The van der Waals surface area contributed by atoms with Crippen LogP contribution >= 0.6 is 23.2 Å². The minimum Gasteiger partial charge on any atom is -0.349 e. The Morgan fingerprint density at radius 1 is 1.20 bits per heavy atom. The van der Waals surface area contributed by atoms with E-state index >= 15 is 0 Å². The van der Waals surface area contributed by atoms with Crippen molar-refractivity contribution in [3.05, 3.63) is 51.3 Å². The third-order valence-corrected chi connectivity index (χ3v) is 6.12. The molecule has 1 aromatic carbocycles. The first-order valence-electron chi connectivity index (χ1n) is 9.08. The molecule has 2 aliphatic rings. The molecular weight excluding hydrogens is 353 g/mol. The number of fused-ring (bicyclic) bond motifs is 1. The van der Waals surface area contributed by atoms with Crippen molar-refractivity contribution in [1.82, 2.24) is 9.97 Å². The van der Waals surface area contributed by atoms with Crippen LogP contribution in [0.3, 0.4) is 0 Å². The third kappa shape index (κ3) is 3.58. The zero-order valence-corrected chi connectivity index (χ0v) is 15.9. The monoisotopic (exact) mass is 375 g/mol. The summed E-state index contributed by atoms with van der Waals surface area (Å²) >= 11 is 12.4. The number of anilines is 1. The number of nitrogens with zero attached hydrogens (tertiary/aromatic N) is 1. The van der Waals surface area contributed by atoms with Crippen molar-refractivity contribution in [2.24, 2.45) is 11.8 Å². The number of aromatic nitrogens is 2. The molecule has 0 saturated heterocycles. The van der Waals surface area contributed by atoms with E-state index in [4.69, 9.17) is 28.2 Å². The lowest BCUT2D eigenvalue weighted by Crippen LogP contribution is -2.19. The van der Waals surface area contributed by atoms with Crippen LogP contribution in [0.1, 0.15) is 55.6 Å². The summed E-state index contributed by atoms with van der Waals surface area (Å²) in [5.74, 6) is 2.00. The molecule has 2 aromatic rings. The number of hydrogen-bond acceptors (Lipinski definition) is 2. The second-order valence-corrected chi connectivity index (χ2v) is 8.14. The lowest BCUT2D eigenvalue weighted by molar-refractivity contribution is 0.468. The van der Waals surface area contributed by atoms with E-state index in [9.17, 15) is 0 Å². The molecule has 1 unspecified atom stereocenters. The molecule has 0 radical (unpaired) electrons. The quantitative estimate of drug-likeness (QED) is 0.661. The molecule has 0 spiro atoms. The number of benzene rings is 1. The summed E-state index contributed by atoms with van der Waals surface area (Å²) in [6.45, 7) is 2.23. The summed E-state index contributed by atoms with van der Waals surface area (Å²) in [6, 6.07) is 6.16. The number of nitrogens with one attached hydrogen (secondary N) is 2. The van der Waals surface area contributed by atoms with Crippen LogP contribution in [0.4, 0.5) is 5.95 Å². The minimum atomic E-state index is 0.200. The molecule has 2 aliphatic carbocycles. The Bertz CT molecular complexity index is 790. The van der Waals surface area contributed by atoms with Crippen molar-refractivity contribution >= 4 is 35.2 Å². The smallest absolute Gasteiger partial charge is 0.201 e. The van der Waals surface area contributed by atoms with Crippen LogP contribution in [0, 0.1) is 11.8 Å². The highest BCUT2D eigenvalue weighted by Gasteiger charge is 2.28. The summed E-state index contributed by atoms with van der Waals surface area (Å²) < 4.78 is 0. The SMILES string of the molecule is CC1C=Cc2nc(N[C@H](c3ccc(Cl)c(Cl)c3)C3CCCC3)[nH]c2C1. The molecule has 1 heterocycles. The Balaban J connectivity index is 1.62. The third-order valence-electron chi connectivity index (χ3n) is 5.39. The van der Waals surface area contributed by atoms with Gasteiger partial charge in [0.25, 0.3) is 0 Å². The molecule has 4 rings (SSSR count). The van der Waals surface area contributed by atoms with E-state index in [-0.39, 0.29) is 6.04 Å². The normalized spacial score (nSPS) is 21.3. The van der Waals surface area contributed by atoms with Gasteiger partial charge in [0.05, 0.1) is 21.8 Å². The molecule has 1 saturated carbocycles. The first kappa shape index (κ1) is 17.0. The van der Waals surface area contributed by atoms with Gasteiger partial charge in [-0.3, -0.25) is 0 Å². The minimum absolute atomic E-state index is 0.200. The lowest BCUT2D eigenvalue weighted by atomic mass is 9.92. The van der Waals surface area contributed by atoms with Gasteiger partial charge in [0.1, 0.15) is 0 Å². The lowest BCUT2D eigenvalue weighted by Gasteiger charge is -2.25. The highest BCUT2D eigenvalue weighted by Crippen LogP contribution is 2.39. The van der Waals surface area contributed by atoms with Gasteiger partial charge in [-0.2, -0.15) is 0 Å². The second kappa shape index (κ2) is 7.05. The molecule has 5 heteroatoms. The number of halogens is 2. The van der Waals surface area contributed by atoms with Crippen molar-refractivity contribution in [2.45, 2.75) is 45.1 Å². The summed E-state index contributed by atoms with van der Waals surface area (Å²) in [6.07, 6.45) is 10.4. The van der Waals surface area contributed by atoms with E-state index in [2.05, 4.69) is 35.4 Å². The van der Waals surface area contributed by atoms with E-state index in [1.54, 1.807) is 0 Å². The maximum absolute atomic E-state index is 6.27. The molecule has 0 aliphatic heterocycles. The van der Waals surface area contributed by atoms with Crippen LogP contribution in [-0.4, -0.2) is 9.97 Å². The van der Waals surface area contributed by atoms with Crippen molar-refractivity contribution in [2.75, 3.05) is 5.32 Å². The fourth-order valence-corrected chi connectivity index (χ4v) is 4.35. The van der Waals surface area contributed by atoms with E-state index in [1.165, 1.54) is 36.9 Å².